The highest BCUT2D eigenvalue weighted by molar-refractivity contribution is 9.10. The quantitative estimate of drug-likeness (QED) is 0.654. The van der Waals surface area contributed by atoms with Crippen molar-refractivity contribution in [2.75, 3.05) is 0 Å². The molecule has 0 radical (unpaired) electrons. The first-order valence-electron chi connectivity index (χ1n) is 5.72. The maximum Gasteiger partial charge on any atom is 0.0410 e. The topological polar surface area (TPSA) is 63.8 Å². The summed E-state index contributed by atoms with van der Waals surface area (Å²) in [6.45, 7) is 0. The monoisotopic (exact) mass is 306 g/mol. The zero-order valence-electron chi connectivity index (χ0n) is 9.88. The predicted octanol–water partition coefficient (Wildman–Crippen LogP) is 1.86. The lowest BCUT2D eigenvalue weighted by Crippen LogP contribution is -2.38. The van der Waals surface area contributed by atoms with Crippen molar-refractivity contribution in [1.82, 2.24) is 15.4 Å². The van der Waals surface area contributed by atoms with Gasteiger partial charge in [0.1, 0.15) is 0 Å². The molecule has 2 heterocycles. The van der Waals surface area contributed by atoms with Gasteiger partial charge in [-0.05, 0) is 52.0 Å². The van der Waals surface area contributed by atoms with Crippen molar-refractivity contribution in [3.63, 3.8) is 0 Å². The van der Waals surface area contributed by atoms with Crippen molar-refractivity contribution in [3.05, 3.63) is 58.6 Å². The van der Waals surface area contributed by atoms with Gasteiger partial charge in [0.05, 0.1) is 0 Å². The summed E-state index contributed by atoms with van der Waals surface area (Å²) in [6, 6.07) is 6.21. The van der Waals surface area contributed by atoms with Gasteiger partial charge in [-0.2, -0.15) is 0 Å². The first kappa shape index (κ1) is 13.1. The highest BCUT2D eigenvalue weighted by atomic mass is 79.9. The van der Waals surface area contributed by atoms with Gasteiger partial charge in [-0.3, -0.25) is 21.2 Å². The van der Waals surface area contributed by atoms with Crippen LogP contribution in [0.4, 0.5) is 0 Å². The third-order valence-electron chi connectivity index (χ3n) is 2.68. The molecule has 0 aliphatic rings. The number of nitrogens with two attached hydrogens (primary N) is 1. The van der Waals surface area contributed by atoms with Crippen LogP contribution in [0, 0.1) is 0 Å². The van der Waals surface area contributed by atoms with Crippen molar-refractivity contribution >= 4 is 15.9 Å². The Hall–Kier alpha value is -1.30. The second kappa shape index (κ2) is 6.58. The normalized spacial score (nSPS) is 12.3. The highest BCUT2D eigenvalue weighted by Crippen LogP contribution is 2.12. The molecule has 0 amide bonds. The molecule has 2 aromatic heterocycles. The maximum absolute atomic E-state index is 5.60. The van der Waals surface area contributed by atoms with Gasteiger partial charge in [-0.25, -0.2) is 0 Å². The molecule has 0 bridgehead atoms. The molecule has 0 aliphatic carbocycles. The van der Waals surface area contributed by atoms with Crippen molar-refractivity contribution in [1.29, 1.82) is 0 Å². The SMILES string of the molecule is NNC(Cc1cccnc1)Cc1cncc(Br)c1. The van der Waals surface area contributed by atoms with E-state index in [1.165, 1.54) is 5.56 Å². The van der Waals surface area contributed by atoms with E-state index in [0.717, 1.165) is 22.9 Å². The number of aromatic nitrogens is 2. The van der Waals surface area contributed by atoms with E-state index in [2.05, 4.69) is 43.5 Å². The summed E-state index contributed by atoms with van der Waals surface area (Å²) in [5, 5.41) is 0. The molecule has 0 fully saturated rings. The lowest BCUT2D eigenvalue weighted by molar-refractivity contribution is 0.521. The molecule has 0 aliphatic heterocycles. The Morgan fingerprint density at radius 2 is 1.94 bits per heavy atom. The first-order valence-corrected chi connectivity index (χ1v) is 6.51. The molecule has 0 aromatic carbocycles. The Morgan fingerprint density at radius 3 is 2.61 bits per heavy atom. The van der Waals surface area contributed by atoms with Gasteiger partial charge in [0, 0.05) is 35.3 Å². The molecule has 4 nitrogen and oxygen atoms in total. The average molecular weight is 307 g/mol. The van der Waals surface area contributed by atoms with Crippen LogP contribution < -0.4 is 11.3 Å². The van der Waals surface area contributed by atoms with Crippen molar-refractivity contribution < 1.29 is 0 Å². The number of nitrogens with one attached hydrogen (secondary N) is 1. The van der Waals surface area contributed by atoms with E-state index in [4.69, 9.17) is 5.84 Å². The fourth-order valence-electron chi connectivity index (χ4n) is 1.85. The molecule has 18 heavy (non-hydrogen) atoms. The predicted molar refractivity (Wildman–Crippen MR) is 74.7 cm³/mol. The van der Waals surface area contributed by atoms with Gasteiger partial charge in [0.15, 0.2) is 0 Å². The van der Waals surface area contributed by atoms with Crippen LogP contribution in [0.5, 0.6) is 0 Å². The fourth-order valence-corrected chi connectivity index (χ4v) is 2.26. The number of halogens is 1. The summed E-state index contributed by atoms with van der Waals surface area (Å²) in [5.74, 6) is 5.60. The molecule has 2 aromatic rings. The number of hydrazine groups is 1. The van der Waals surface area contributed by atoms with E-state index >= 15 is 0 Å². The van der Waals surface area contributed by atoms with Crippen LogP contribution in [0.2, 0.25) is 0 Å². The number of rotatable bonds is 5. The summed E-state index contributed by atoms with van der Waals surface area (Å²) >= 11 is 3.42. The van der Waals surface area contributed by atoms with Gasteiger partial charge in [0.25, 0.3) is 0 Å². The average Bonchev–Trinajstić information content (AvgIpc) is 2.39. The molecular weight excluding hydrogens is 292 g/mol. The number of hydrogen-bond acceptors (Lipinski definition) is 4. The molecule has 5 heteroatoms. The van der Waals surface area contributed by atoms with E-state index in [-0.39, 0.29) is 6.04 Å². The van der Waals surface area contributed by atoms with Crippen LogP contribution in [0.15, 0.2) is 47.5 Å². The van der Waals surface area contributed by atoms with Gasteiger partial charge < -0.3 is 0 Å². The molecule has 2 rings (SSSR count). The third kappa shape index (κ3) is 3.87. The summed E-state index contributed by atoms with van der Waals surface area (Å²) in [5.41, 5.74) is 5.17. The van der Waals surface area contributed by atoms with Crippen LogP contribution in [-0.4, -0.2) is 16.0 Å². The van der Waals surface area contributed by atoms with Crippen LogP contribution in [0.1, 0.15) is 11.1 Å². The maximum atomic E-state index is 5.60. The zero-order chi connectivity index (χ0) is 12.8. The van der Waals surface area contributed by atoms with E-state index in [1.807, 2.05) is 18.5 Å². The Labute approximate surface area is 115 Å². The molecule has 1 unspecified atom stereocenters. The van der Waals surface area contributed by atoms with Crippen LogP contribution in [0.3, 0.4) is 0 Å². The van der Waals surface area contributed by atoms with Crippen LogP contribution >= 0.6 is 15.9 Å². The second-order valence-corrected chi connectivity index (χ2v) is 5.06. The van der Waals surface area contributed by atoms with E-state index in [9.17, 15) is 0 Å². The standard InChI is InChI=1S/C13H15BrN4/c14-12-4-11(8-17-9-12)6-13(18-15)5-10-2-1-3-16-7-10/h1-4,7-9,13,18H,5-6,15H2. The summed E-state index contributed by atoms with van der Waals surface area (Å²) in [4.78, 5) is 8.26. The fraction of sp³-hybridized carbons (Fsp3) is 0.231. The van der Waals surface area contributed by atoms with Gasteiger partial charge in [-0.15, -0.1) is 0 Å². The minimum atomic E-state index is 0.172. The lowest BCUT2D eigenvalue weighted by atomic mass is 10.0. The summed E-state index contributed by atoms with van der Waals surface area (Å²) in [6.07, 6.45) is 8.94. The molecule has 0 saturated carbocycles. The molecule has 0 saturated heterocycles. The molecule has 0 spiro atoms. The molecular formula is C13H15BrN4. The molecule has 1 atom stereocenters. The van der Waals surface area contributed by atoms with Crippen LogP contribution in [0.25, 0.3) is 0 Å². The van der Waals surface area contributed by atoms with Gasteiger partial charge in [-0.1, -0.05) is 6.07 Å². The largest absolute Gasteiger partial charge is 0.271 e. The Balaban J connectivity index is 2.01. The number of hydrogen-bond donors (Lipinski definition) is 2. The van der Waals surface area contributed by atoms with Crippen LogP contribution in [-0.2, 0) is 12.8 Å². The Morgan fingerprint density at radius 1 is 1.17 bits per heavy atom. The van der Waals surface area contributed by atoms with E-state index in [1.54, 1.807) is 12.4 Å². The Bertz CT molecular complexity index is 489. The summed E-state index contributed by atoms with van der Waals surface area (Å²) < 4.78 is 0.983. The molecule has 94 valence electrons. The second-order valence-electron chi connectivity index (χ2n) is 4.14. The minimum Gasteiger partial charge on any atom is -0.271 e. The summed E-state index contributed by atoms with van der Waals surface area (Å²) in [7, 11) is 0. The first-order chi connectivity index (χ1) is 8.78. The number of nitrogens with zero attached hydrogens (tertiary/aromatic N) is 2. The van der Waals surface area contributed by atoms with E-state index < -0.39 is 0 Å². The highest BCUT2D eigenvalue weighted by Gasteiger charge is 2.09. The molecule has 3 N–H and O–H groups in total. The minimum absolute atomic E-state index is 0.172. The Kier molecular flexibility index (Phi) is 4.81. The number of pyridine rings is 2. The van der Waals surface area contributed by atoms with Crippen molar-refractivity contribution in [2.24, 2.45) is 5.84 Å². The van der Waals surface area contributed by atoms with Crippen molar-refractivity contribution in [3.8, 4) is 0 Å². The lowest BCUT2D eigenvalue weighted by Gasteiger charge is -2.15. The third-order valence-corrected chi connectivity index (χ3v) is 3.12. The van der Waals surface area contributed by atoms with Gasteiger partial charge in [0.2, 0.25) is 0 Å². The van der Waals surface area contributed by atoms with Crippen molar-refractivity contribution in [2.45, 2.75) is 18.9 Å². The zero-order valence-corrected chi connectivity index (χ0v) is 11.5. The van der Waals surface area contributed by atoms with Gasteiger partial charge >= 0.3 is 0 Å². The van der Waals surface area contributed by atoms with E-state index in [0.29, 0.717) is 0 Å². The smallest absolute Gasteiger partial charge is 0.0410 e.